The maximum atomic E-state index is 12.6. The smallest absolute Gasteiger partial charge is 0.302 e. The number of hydrogen-bond donors (Lipinski definition) is 3. The first-order valence-electron chi connectivity index (χ1n) is 9.58. The molecule has 2 atom stereocenters. The molecule has 152 valence electrons. The maximum absolute atomic E-state index is 12.6. The van der Waals surface area contributed by atoms with E-state index in [4.69, 9.17) is 4.74 Å². The predicted octanol–water partition coefficient (Wildman–Crippen LogP) is 4.45. The van der Waals surface area contributed by atoms with Crippen LogP contribution < -0.4 is 10.6 Å². The van der Waals surface area contributed by atoms with Gasteiger partial charge in [0.1, 0.15) is 6.10 Å². The molecule has 7 nitrogen and oxygen atoms in total. The number of ether oxygens (including phenoxy) is 1. The molecule has 0 spiro atoms. The molecule has 3 rings (SSSR count). The Morgan fingerprint density at radius 2 is 2.03 bits per heavy atom. The summed E-state index contributed by atoms with van der Waals surface area (Å²) in [4.78, 5) is 23.7. The lowest BCUT2D eigenvalue weighted by Gasteiger charge is -2.11. The lowest BCUT2D eigenvalue weighted by atomic mass is 10.0. The van der Waals surface area contributed by atoms with Crippen molar-refractivity contribution in [3.05, 3.63) is 59.9 Å². The molecule has 2 aromatic rings. The van der Waals surface area contributed by atoms with Gasteiger partial charge in [-0.3, -0.25) is 14.7 Å². The number of nitrogens with zero attached hydrogens (tertiary/aromatic N) is 1. The van der Waals surface area contributed by atoms with Crippen molar-refractivity contribution in [2.75, 3.05) is 10.6 Å². The molecule has 0 radical (unpaired) electrons. The van der Waals surface area contributed by atoms with E-state index in [2.05, 4.69) is 34.0 Å². The van der Waals surface area contributed by atoms with Crippen LogP contribution in [0.1, 0.15) is 60.6 Å². The van der Waals surface area contributed by atoms with Crippen LogP contribution in [0.2, 0.25) is 0 Å². The highest BCUT2D eigenvalue weighted by Crippen LogP contribution is 2.35. The van der Waals surface area contributed by atoms with Gasteiger partial charge in [-0.15, -0.1) is 0 Å². The highest BCUT2D eigenvalue weighted by molar-refractivity contribution is 6.04. The molecule has 0 aliphatic heterocycles. The minimum Gasteiger partial charge on any atom is -0.463 e. The number of anilines is 2. The third-order valence-electron chi connectivity index (χ3n) is 4.88. The maximum Gasteiger partial charge on any atom is 0.302 e. The van der Waals surface area contributed by atoms with Gasteiger partial charge in [0.25, 0.3) is 5.91 Å². The molecule has 1 saturated carbocycles. The normalized spacial score (nSPS) is 18.1. The molecule has 1 aliphatic carbocycles. The van der Waals surface area contributed by atoms with Gasteiger partial charge in [-0.2, -0.15) is 5.10 Å². The van der Waals surface area contributed by atoms with Crippen molar-refractivity contribution in [3.8, 4) is 0 Å². The second-order valence-corrected chi connectivity index (χ2v) is 7.32. The molecule has 1 heterocycles. The molecular formula is C22H26N4O3. The Morgan fingerprint density at radius 1 is 1.24 bits per heavy atom. The van der Waals surface area contributed by atoms with Crippen LogP contribution >= 0.6 is 0 Å². The Hall–Kier alpha value is -3.35. The summed E-state index contributed by atoms with van der Waals surface area (Å²) in [6.07, 6.45) is 4.14. The molecular weight excluding hydrogens is 368 g/mol. The number of amides is 1. The number of esters is 1. The van der Waals surface area contributed by atoms with Crippen LogP contribution in [0.5, 0.6) is 0 Å². The van der Waals surface area contributed by atoms with Crippen molar-refractivity contribution >= 4 is 29.5 Å². The molecule has 1 aromatic carbocycles. The summed E-state index contributed by atoms with van der Waals surface area (Å²) in [5, 5.41) is 13.2. The lowest BCUT2D eigenvalue weighted by molar-refractivity contribution is -0.145. The molecule has 0 bridgehead atoms. The fourth-order valence-corrected chi connectivity index (χ4v) is 3.58. The molecule has 3 N–H and O–H groups in total. The number of aromatic nitrogens is 2. The summed E-state index contributed by atoms with van der Waals surface area (Å²) in [6.45, 7) is 10.9. The molecule has 0 saturated heterocycles. The summed E-state index contributed by atoms with van der Waals surface area (Å²) in [7, 11) is 0. The van der Waals surface area contributed by atoms with Crippen molar-refractivity contribution in [2.45, 2.75) is 45.1 Å². The fraction of sp³-hybridized carbons (Fsp3) is 0.318. The lowest BCUT2D eigenvalue weighted by Crippen LogP contribution is -2.12. The number of allylic oxidation sites excluding steroid dienone is 1. The van der Waals surface area contributed by atoms with Crippen LogP contribution in [-0.2, 0) is 9.53 Å². The van der Waals surface area contributed by atoms with Gasteiger partial charge in [0.05, 0.1) is 0 Å². The van der Waals surface area contributed by atoms with Gasteiger partial charge in [0.15, 0.2) is 5.82 Å². The largest absolute Gasteiger partial charge is 0.463 e. The number of aromatic amines is 1. The molecule has 1 aliphatic rings. The van der Waals surface area contributed by atoms with Gasteiger partial charge in [0.2, 0.25) is 0 Å². The first-order valence-corrected chi connectivity index (χ1v) is 9.58. The number of nitrogens with one attached hydrogen (secondary N) is 3. The number of hydrogen-bond acceptors (Lipinski definition) is 5. The van der Waals surface area contributed by atoms with Crippen LogP contribution in [-0.4, -0.2) is 28.2 Å². The summed E-state index contributed by atoms with van der Waals surface area (Å²) < 4.78 is 5.29. The molecule has 7 heteroatoms. The van der Waals surface area contributed by atoms with Crippen molar-refractivity contribution in [1.82, 2.24) is 10.2 Å². The quantitative estimate of drug-likeness (QED) is 0.603. The number of carbonyl (C=O) groups is 2. The zero-order valence-corrected chi connectivity index (χ0v) is 16.7. The Labute approximate surface area is 170 Å². The monoisotopic (exact) mass is 394 g/mol. The average molecular weight is 394 g/mol. The zero-order valence-electron chi connectivity index (χ0n) is 16.7. The SMILES string of the molecule is C=Cc1cc(C(=O)Nc2cc(C3CCC(OC(C)=O)C3)[nH]n2)ccc1NC(=C)C. The van der Waals surface area contributed by atoms with E-state index in [1.165, 1.54) is 6.92 Å². The molecule has 2 unspecified atom stereocenters. The van der Waals surface area contributed by atoms with E-state index in [0.717, 1.165) is 41.9 Å². The van der Waals surface area contributed by atoms with Crippen molar-refractivity contribution in [1.29, 1.82) is 0 Å². The van der Waals surface area contributed by atoms with Crippen molar-refractivity contribution in [2.24, 2.45) is 0 Å². The number of benzene rings is 1. The Bertz CT molecular complexity index is 947. The third kappa shape index (κ3) is 5.13. The Balaban J connectivity index is 1.65. The van der Waals surface area contributed by atoms with Crippen LogP contribution in [0, 0.1) is 0 Å². The summed E-state index contributed by atoms with van der Waals surface area (Å²) in [5.41, 5.74) is 3.90. The molecule has 1 aromatic heterocycles. The highest BCUT2D eigenvalue weighted by Gasteiger charge is 2.29. The summed E-state index contributed by atoms with van der Waals surface area (Å²) >= 11 is 0. The average Bonchev–Trinajstić information content (AvgIpc) is 3.30. The molecule has 29 heavy (non-hydrogen) atoms. The van der Waals surface area contributed by atoms with E-state index >= 15 is 0 Å². The van der Waals surface area contributed by atoms with Gasteiger partial charge >= 0.3 is 5.97 Å². The Morgan fingerprint density at radius 3 is 2.72 bits per heavy atom. The second-order valence-electron chi connectivity index (χ2n) is 7.32. The van der Waals surface area contributed by atoms with E-state index in [1.807, 2.05) is 19.1 Å². The van der Waals surface area contributed by atoms with E-state index in [0.29, 0.717) is 11.4 Å². The van der Waals surface area contributed by atoms with Crippen LogP contribution in [0.3, 0.4) is 0 Å². The van der Waals surface area contributed by atoms with Gasteiger partial charge in [-0.1, -0.05) is 19.2 Å². The minimum absolute atomic E-state index is 0.0532. The first-order chi connectivity index (χ1) is 13.9. The first kappa shape index (κ1) is 20.4. The Kier molecular flexibility index (Phi) is 6.16. The predicted molar refractivity (Wildman–Crippen MR) is 114 cm³/mol. The second kappa shape index (κ2) is 8.77. The van der Waals surface area contributed by atoms with E-state index in [-0.39, 0.29) is 23.9 Å². The van der Waals surface area contributed by atoms with Crippen LogP contribution in [0.4, 0.5) is 11.5 Å². The number of carbonyl (C=O) groups excluding carboxylic acids is 2. The number of H-pyrrole nitrogens is 1. The van der Waals surface area contributed by atoms with E-state index < -0.39 is 0 Å². The summed E-state index contributed by atoms with van der Waals surface area (Å²) in [6, 6.07) is 7.16. The van der Waals surface area contributed by atoms with Crippen molar-refractivity contribution < 1.29 is 14.3 Å². The minimum atomic E-state index is -0.253. The van der Waals surface area contributed by atoms with Gasteiger partial charge in [0, 0.05) is 41.5 Å². The van der Waals surface area contributed by atoms with E-state index in [1.54, 1.807) is 18.2 Å². The zero-order chi connectivity index (χ0) is 21.0. The van der Waals surface area contributed by atoms with Crippen LogP contribution in [0.25, 0.3) is 6.08 Å². The third-order valence-corrected chi connectivity index (χ3v) is 4.88. The highest BCUT2D eigenvalue weighted by atomic mass is 16.5. The van der Waals surface area contributed by atoms with Gasteiger partial charge in [-0.05, 0) is 49.9 Å². The summed E-state index contributed by atoms with van der Waals surface area (Å²) in [5.74, 6) is 0.191. The van der Waals surface area contributed by atoms with Gasteiger partial charge < -0.3 is 15.4 Å². The fourth-order valence-electron chi connectivity index (χ4n) is 3.58. The topological polar surface area (TPSA) is 96.1 Å². The van der Waals surface area contributed by atoms with E-state index in [9.17, 15) is 9.59 Å². The standard InChI is InChI=1S/C22H26N4O3/c1-5-15-10-17(7-9-19(15)23-13(2)3)22(28)24-21-12-20(25-26-21)16-6-8-18(11-16)29-14(4)27/h5,7,9-10,12,16,18,23H,1-2,6,8,11H2,3-4H3,(H2,24,25,26,28). The van der Waals surface area contributed by atoms with Crippen molar-refractivity contribution in [3.63, 3.8) is 0 Å². The molecule has 1 amide bonds. The van der Waals surface area contributed by atoms with Crippen LogP contribution in [0.15, 0.2) is 43.1 Å². The molecule has 1 fully saturated rings. The number of rotatable bonds is 7. The van der Waals surface area contributed by atoms with Gasteiger partial charge in [-0.25, -0.2) is 0 Å².